The van der Waals surface area contributed by atoms with E-state index in [2.05, 4.69) is 4.72 Å². The molecule has 1 aliphatic heterocycles. The van der Waals surface area contributed by atoms with Crippen LogP contribution in [0, 0.1) is 0 Å². The van der Waals surface area contributed by atoms with Crippen LogP contribution < -0.4 is 9.62 Å². The Morgan fingerprint density at radius 2 is 2.04 bits per heavy atom. The number of carboxylic acid groups (broad SMARTS) is 1. The molecule has 0 saturated carbocycles. The topological polar surface area (TPSA) is 95.9 Å². The summed E-state index contributed by atoms with van der Waals surface area (Å²) in [6, 6.07) is 4.01. The molecule has 0 aliphatic carbocycles. The SMILES string of the molecule is CCC[C@H](C)NS(=O)(=O)c1cc(C(=O)O)ccc1N1CCOCC1. The van der Waals surface area contributed by atoms with E-state index in [0.29, 0.717) is 38.4 Å². The van der Waals surface area contributed by atoms with E-state index in [1.54, 1.807) is 13.0 Å². The van der Waals surface area contributed by atoms with Gasteiger partial charge in [-0.15, -0.1) is 0 Å². The molecule has 1 atom stereocenters. The van der Waals surface area contributed by atoms with Gasteiger partial charge in [0, 0.05) is 19.1 Å². The molecule has 0 radical (unpaired) electrons. The number of carbonyl (C=O) groups is 1. The van der Waals surface area contributed by atoms with Crippen LogP contribution in [0.25, 0.3) is 0 Å². The number of morpholine rings is 1. The van der Waals surface area contributed by atoms with Crippen LogP contribution in [0.2, 0.25) is 0 Å². The molecule has 0 unspecified atom stereocenters. The smallest absolute Gasteiger partial charge is 0.335 e. The van der Waals surface area contributed by atoms with Gasteiger partial charge in [0.25, 0.3) is 0 Å². The second-order valence-electron chi connectivity index (χ2n) is 5.90. The number of sulfonamides is 1. The highest BCUT2D eigenvalue weighted by Crippen LogP contribution is 2.28. The fourth-order valence-corrected chi connectivity index (χ4v) is 4.28. The van der Waals surface area contributed by atoms with Gasteiger partial charge in [-0.1, -0.05) is 13.3 Å². The van der Waals surface area contributed by atoms with Gasteiger partial charge in [-0.25, -0.2) is 17.9 Å². The quantitative estimate of drug-likeness (QED) is 0.772. The van der Waals surface area contributed by atoms with Crippen molar-refractivity contribution in [3.8, 4) is 0 Å². The van der Waals surface area contributed by atoms with E-state index in [1.165, 1.54) is 12.1 Å². The first-order chi connectivity index (χ1) is 11.3. The number of aromatic carboxylic acids is 1. The molecular formula is C16H24N2O5S. The molecule has 0 bridgehead atoms. The number of ether oxygens (including phenoxy) is 1. The molecule has 1 saturated heterocycles. The molecule has 0 amide bonds. The van der Waals surface area contributed by atoms with Gasteiger partial charge in [-0.3, -0.25) is 0 Å². The molecule has 2 N–H and O–H groups in total. The van der Waals surface area contributed by atoms with E-state index in [0.717, 1.165) is 6.42 Å². The summed E-state index contributed by atoms with van der Waals surface area (Å²) in [6.45, 7) is 5.95. The zero-order valence-electron chi connectivity index (χ0n) is 14.0. The van der Waals surface area contributed by atoms with Gasteiger partial charge in [0.05, 0.1) is 24.5 Å². The molecule has 1 aromatic rings. The normalized spacial score (nSPS) is 16.8. The van der Waals surface area contributed by atoms with E-state index in [-0.39, 0.29) is 16.5 Å². The third-order valence-electron chi connectivity index (χ3n) is 3.93. The van der Waals surface area contributed by atoms with E-state index in [9.17, 15) is 18.3 Å². The molecule has 0 spiro atoms. The van der Waals surface area contributed by atoms with Gasteiger partial charge in [-0.05, 0) is 31.5 Å². The summed E-state index contributed by atoms with van der Waals surface area (Å²) in [4.78, 5) is 13.2. The number of anilines is 1. The van der Waals surface area contributed by atoms with Crippen molar-refractivity contribution in [2.24, 2.45) is 0 Å². The number of hydrogen-bond donors (Lipinski definition) is 2. The fraction of sp³-hybridized carbons (Fsp3) is 0.562. The van der Waals surface area contributed by atoms with Gasteiger partial charge >= 0.3 is 5.97 Å². The minimum absolute atomic E-state index is 0.00672. The largest absolute Gasteiger partial charge is 0.478 e. The monoisotopic (exact) mass is 356 g/mol. The predicted molar refractivity (Wildman–Crippen MR) is 91.1 cm³/mol. The molecule has 1 aliphatic rings. The first-order valence-corrected chi connectivity index (χ1v) is 9.56. The van der Waals surface area contributed by atoms with E-state index in [4.69, 9.17) is 4.74 Å². The van der Waals surface area contributed by atoms with Crippen molar-refractivity contribution in [3.05, 3.63) is 23.8 Å². The highest BCUT2D eigenvalue weighted by Gasteiger charge is 2.26. The molecule has 8 heteroatoms. The van der Waals surface area contributed by atoms with Crippen LogP contribution in [0.1, 0.15) is 37.0 Å². The average Bonchev–Trinajstić information content (AvgIpc) is 2.54. The zero-order chi connectivity index (χ0) is 17.7. The molecule has 0 aromatic heterocycles. The molecule has 24 heavy (non-hydrogen) atoms. The standard InChI is InChI=1S/C16H24N2O5S/c1-3-4-12(2)17-24(21,22)15-11-13(16(19)20)5-6-14(15)18-7-9-23-10-8-18/h5-6,11-12,17H,3-4,7-10H2,1-2H3,(H,19,20)/t12-/m0/s1. The van der Waals surface area contributed by atoms with Gasteiger partial charge in [-0.2, -0.15) is 0 Å². The molecule has 134 valence electrons. The Morgan fingerprint density at radius 3 is 2.62 bits per heavy atom. The number of nitrogens with one attached hydrogen (secondary N) is 1. The lowest BCUT2D eigenvalue weighted by molar-refractivity contribution is 0.0696. The predicted octanol–water partition coefficient (Wildman–Crippen LogP) is 1.69. The Labute approximate surface area is 142 Å². The second-order valence-corrected chi connectivity index (χ2v) is 7.58. The van der Waals surface area contributed by atoms with Gasteiger partial charge in [0.1, 0.15) is 4.90 Å². The lowest BCUT2D eigenvalue weighted by Crippen LogP contribution is -2.39. The van der Waals surface area contributed by atoms with Crippen LogP contribution >= 0.6 is 0 Å². The second kappa shape index (κ2) is 7.96. The van der Waals surface area contributed by atoms with Gasteiger partial charge in [0.15, 0.2) is 0 Å². The minimum atomic E-state index is -3.81. The maximum Gasteiger partial charge on any atom is 0.335 e. The highest BCUT2D eigenvalue weighted by atomic mass is 32.2. The van der Waals surface area contributed by atoms with E-state index < -0.39 is 16.0 Å². The Kier molecular flexibility index (Phi) is 6.20. The molecule has 1 aromatic carbocycles. The summed E-state index contributed by atoms with van der Waals surface area (Å²) < 4.78 is 33.5. The van der Waals surface area contributed by atoms with Crippen molar-refractivity contribution in [3.63, 3.8) is 0 Å². The Hall–Kier alpha value is -1.64. The summed E-state index contributed by atoms with van der Waals surface area (Å²) in [7, 11) is -3.81. The van der Waals surface area contributed by atoms with Crippen molar-refractivity contribution < 1.29 is 23.1 Å². The number of rotatable bonds is 7. The van der Waals surface area contributed by atoms with E-state index in [1.807, 2.05) is 11.8 Å². The third-order valence-corrected chi connectivity index (χ3v) is 5.54. The highest BCUT2D eigenvalue weighted by molar-refractivity contribution is 7.89. The van der Waals surface area contributed by atoms with Crippen molar-refractivity contribution in [1.29, 1.82) is 0 Å². The Morgan fingerprint density at radius 1 is 1.38 bits per heavy atom. The Bertz CT molecular complexity index is 684. The van der Waals surface area contributed by atoms with Crippen molar-refractivity contribution in [2.75, 3.05) is 31.2 Å². The van der Waals surface area contributed by atoms with E-state index >= 15 is 0 Å². The summed E-state index contributed by atoms with van der Waals surface area (Å²) in [6.07, 6.45) is 1.57. The lowest BCUT2D eigenvalue weighted by atomic mass is 10.2. The summed E-state index contributed by atoms with van der Waals surface area (Å²) >= 11 is 0. The number of hydrogen-bond acceptors (Lipinski definition) is 5. The molecule has 1 heterocycles. The van der Waals surface area contributed by atoms with Crippen molar-refractivity contribution in [1.82, 2.24) is 4.72 Å². The van der Waals surface area contributed by atoms with Gasteiger partial charge < -0.3 is 14.7 Å². The minimum Gasteiger partial charge on any atom is -0.478 e. The fourth-order valence-electron chi connectivity index (χ4n) is 2.75. The van der Waals surface area contributed by atoms with Crippen LogP contribution in [0.15, 0.2) is 23.1 Å². The molecular weight excluding hydrogens is 332 g/mol. The van der Waals surface area contributed by atoms with Crippen LogP contribution in [0.5, 0.6) is 0 Å². The molecule has 7 nitrogen and oxygen atoms in total. The molecule has 1 fully saturated rings. The average molecular weight is 356 g/mol. The number of benzene rings is 1. The van der Waals surface area contributed by atoms with Crippen LogP contribution in [0.4, 0.5) is 5.69 Å². The third kappa shape index (κ3) is 4.46. The first kappa shape index (κ1) is 18.7. The maximum atomic E-state index is 12.8. The van der Waals surface area contributed by atoms with Crippen LogP contribution in [-0.4, -0.2) is 51.8 Å². The van der Waals surface area contributed by atoms with Gasteiger partial charge in [0.2, 0.25) is 10.0 Å². The molecule has 2 rings (SSSR count). The number of carboxylic acids is 1. The summed E-state index contributed by atoms with van der Waals surface area (Å²) in [5.41, 5.74) is 0.468. The summed E-state index contributed by atoms with van der Waals surface area (Å²) in [5, 5.41) is 9.19. The first-order valence-electron chi connectivity index (χ1n) is 8.07. The van der Waals surface area contributed by atoms with Crippen LogP contribution in [0.3, 0.4) is 0 Å². The summed E-state index contributed by atoms with van der Waals surface area (Å²) in [5.74, 6) is -1.15. The maximum absolute atomic E-state index is 12.8. The Balaban J connectivity index is 2.43. The van der Waals surface area contributed by atoms with Crippen LogP contribution in [-0.2, 0) is 14.8 Å². The lowest BCUT2D eigenvalue weighted by Gasteiger charge is -2.30. The van der Waals surface area contributed by atoms with Crippen molar-refractivity contribution >= 4 is 21.7 Å². The zero-order valence-corrected chi connectivity index (χ0v) is 14.8. The number of nitrogens with zero attached hydrogens (tertiary/aromatic N) is 1. The van der Waals surface area contributed by atoms with Crippen molar-refractivity contribution in [2.45, 2.75) is 37.6 Å².